The summed E-state index contributed by atoms with van der Waals surface area (Å²) in [5.74, 6) is 0. The molecular formula is C8H13N2. The van der Waals surface area contributed by atoms with Gasteiger partial charge in [0.1, 0.15) is 0 Å². The van der Waals surface area contributed by atoms with Gasteiger partial charge in [-0.15, -0.1) is 0 Å². The summed E-state index contributed by atoms with van der Waals surface area (Å²) in [6, 6.07) is 0. The van der Waals surface area contributed by atoms with E-state index in [2.05, 4.69) is 10.2 Å². The van der Waals surface area contributed by atoms with Gasteiger partial charge in [0.05, 0.1) is 0 Å². The molecule has 0 unspecified atom stereocenters. The summed E-state index contributed by atoms with van der Waals surface area (Å²) in [6.07, 6.45) is 5.45. The van der Waals surface area contributed by atoms with E-state index in [0.29, 0.717) is 0 Å². The summed E-state index contributed by atoms with van der Waals surface area (Å²) in [4.78, 5) is 2.25. The van der Waals surface area contributed by atoms with Gasteiger partial charge in [0.2, 0.25) is 0 Å². The van der Waals surface area contributed by atoms with Gasteiger partial charge in [-0.3, -0.25) is 0 Å². The topological polar surface area (TPSA) is 15.3 Å². The van der Waals surface area contributed by atoms with Crippen LogP contribution in [-0.4, -0.2) is 31.1 Å². The van der Waals surface area contributed by atoms with Crippen molar-refractivity contribution in [2.75, 3.05) is 26.2 Å². The SMILES string of the molecule is [CH]=C/C=C/N1CCNCC1. The van der Waals surface area contributed by atoms with Crippen LogP contribution in [0.15, 0.2) is 18.4 Å². The maximum Gasteiger partial charge on any atom is 0.0298 e. The molecule has 0 saturated carbocycles. The zero-order chi connectivity index (χ0) is 7.23. The van der Waals surface area contributed by atoms with E-state index in [1.165, 1.54) is 0 Å². The van der Waals surface area contributed by atoms with Crippen LogP contribution in [-0.2, 0) is 0 Å². The Bertz CT molecular complexity index is 123. The number of hydrogen-bond acceptors (Lipinski definition) is 2. The molecule has 10 heavy (non-hydrogen) atoms. The molecule has 0 atom stereocenters. The van der Waals surface area contributed by atoms with Crippen molar-refractivity contribution in [3.63, 3.8) is 0 Å². The van der Waals surface area contributed by atoms with Gasteiger partial charge in [-0.2, -0.15) is 0 Å². The van der Waals surface area contributed by atoms with Crippen molar-refractivity contribution < 1.29 is 0 Å². The predicted molar refractivity (Wildman–Crippen MR) is 42.5 cm³/mol. The van der Waals surface area contributed by atoms with Crippen LogP contribution in [0.5, 0.6) is 0 Å². The Labute approximate surface area is 62.2 Å². The Kier molecular flexibility index (Phi) is 3.03. The number of piperazine rings is 1. The molecule has 1 aliphatic rings. The molecule has 1 fully saturated rings. The van der Waals surface area contributed by atoms with Crippen LogP contribution in [0.4, 0.5) is 0 Å². The van der Waals surface area contributed by atoms with E-state index in [4.69, 9.17) is 6.58 Å². The summed E-state index contributed by atoms with van der Waals surface area (Å²) in [6.45, 7) is 9.52. The maximum absolute atomic E-state index is 5.19. The molecule has 1 N–H and O–H groups in total. The van der Waals surface area contributed by atoms with Crippen molar-refractivity contribution in [3.8, 4) is 0 Å². The fourth-order valence-corrected chi connectivity index (χ4v) is 1.00. The van der Waals surface area contributed by atoms with Crippen molar-refractivity contribution >= 4 is 0 Å². The van der Waals surface area contributed by atoms with Crippen LogP contribution < -0.4 is 5.32 Å². The van der Waals surface area contributed by atoms with Crippen LogP contribution in [0, 0.1) is 6.58 Å². The molecule has 2 nitrogen and oxygen atoms in total. The lowest BCUT2D eigenvalue weighted by molar-refractivity contribution is 0.324. The number of hydrogen-bond donors (Lipinski definition) is 1. The predicted octanol–water partition coefficient (Wildman–Crippen LogP) is 0.394. The largest absolute Gasteiger partial charge is 0.375 e. The van der Waals surface area contributed by atoms with Crippen molar-refractivity contribution in [3.05, 3.63) is 24.9 Å². The average molecular weight is 137 g/mol. The van der Waals surface area contributed by atoms with Crippen molar-refractivity contribution in [1.82, 2.24) is 10.2 Å². The first-order chi connectivity index (χ1) is 4.93. The molecule has 0 amide bonds. The zero-order valence-electron chi connectivity index (χ0n) is 6.09. The molecular weight excluding hydrogens is 124 g/mol. The van der Waals surface area contributed by atoms with Gasteiger partial charge in [0, 0.05) is 26.2 Å². The number of allylic oxidation sites excluding steroid dienone is 2. The third-order valence-corrected chi connectivity index (χ3v) is 1.56. The van der Waals surface area contributed by atoms with Gasteiger partial charge in [-0.05, 0) is 12.3 Å². The third kappa shape index (κ3) is 2.23. The molecule has 2 heteroatoms. The molecule has 0 bridgehead atoms. The summed E-state index contributed by atoms with van der Waals surface area (Å²) >= 11 is 0. The highest BCUT2D eigenvalue weighted by atomic mass is 15.2. The van der Waals surface area contributed by atoms with Gasteiger partial charge in [-0.25, -0.2) is 0 Å². The second kappa shape index (κ2) is 4.12. The van der Waals surface area contributed by atoms with Crippen molar-refractivity contribution in [1.29, 1.82) is 0 Å². The van der Waals surface area contributed by atoms with Gasteiger partial charge in [-0.1, -0.05) is 12.7 Å². The maximum atomic E-state index is 5.19. The normalized spacial score (nSPS) is 19.8. The Balaban J connectivity index is 2.25. The molecule has 0 aromatic carbocycles. The van der Waals surface area contributed by atoms with E-state index >= 15 is 0 Å². The fraction of sp³-hybridized carbons (Fsp3) is 0.500. The number of nitrogens with zero attached hydrogens (tertiary/aromatic N) is 1. The summed E-state index contributed by atoms with van der Waals surface area (Å²) in [5.41, 5.74) is 0. The minimum absolute atomic E-state index is 1.08. The Morgan fingerprint density at radius 2 is 2.00 bits per heavy atom. The van der Waals surface area contributed by atoms with Gasteiger partial charge < -0.3 is 10.2 Å². The molecule has 0 aromatic rings. The minimum atomic E-state index is 1.08. The van der Waals surface area contributed by atoms with Gasteiger partial charge in [0.25, 0.3) is 0 Å². The first-order valence-electron chi connectivity index (χ1n) is 3.60. The molecule has 1 rings (SSSR count). The fourth-order valence-electron chi connectivity index (χ4n) is 1.00. The monoisotopic (exact) mass is 137 g/mol. The molecule has 55 valence electrons. The lowest BCUT2D eigenvalue weighted by Crippen LogP contribution is -2.40. The second-order valence-corrected chi connectivity index (χ2v) is 2.32. The molecule has 0 aliphatic carbocycles. The molecule has 1 saturated heterocycles. The van der Waals surface area contributed by atoms with Crippen LogP contribution in [0.25, 0.3) is 0 Å². The smallest absolute Gasteiger partial charge is 0.0298 e. The van der Waals surface area contributed by atoms with E-state index in [-0.39, 0.29) is 0 Å². The second-order valence-electron chi connectivity index (χ2n) is 2.32. The molecule has 1 radical (unpaired) electrons. The highest BCUT2D eigenvalue weighted by Crippen LogP contribution is 1.92. The van der Waals surface area contributed by atoms with Gasteiger partial charge >= 0.3 is 0 Å². The Morgan fingerprint density at radius 1 is 1.30 bits per heavy atom. The third-order valence-electron chi connectivity index (χ3n) is 1.56. The highest BCUT2D eigenvalue weighted by molar-refractivity contribution is 4.96. The van der Waals surface area contributed by atoms with Crippen LogP contribution in [0.3, 0.4) is 0 Å². The van der Waals surface area contributed by atoms with E-state index in [0.717, 1.165) is 26.2 Å². The number of rotatable bonds is 2. The summed E-state index contributed by atoms with van der Waals surface area (Å²) in [5, 5.41) is 3.27. The Hall–Kier alpha value is -0.760. The minimum Gasteiger partial charge on any atom is -0.375 e. The standard InChI is InChI=1S/C8H13N2/c1-2-3-6-10-7-4-9-5-8-10/h1-3,6,9H,4-5,7-8H2/b2-1?,6-3+. The highest BCUT2D eigenvalue weighted by Gasteiger charge is 2.02. The van der Waals surface area contributed by atoms with Crippen LogP contribution in [0.2, 0.25) is 0 Å². The molecule has 0 aromatic heterocycles. The Morgan fingerprint density at radius 3 is 2.60 bits per heavy atom. The van der Waals surface area contributed by atoms with Gasteiger partial charge in [0.15, 0.2) is 0 Å². The lowest BCUT2D eigenvalue weighted by atomic mass is 10.4. The average Bonchev–Trinajstić information content (AvgIpc) is 2.03. The molecule has 0 spiro atoms. The van der Waals surface area contributed by atoms with Crippen LogP contribution >= 0.6 is 0 Å². The molecule has 1 heterocycles. The summed E-state index contributed by atoms with van der Waals surface area (Å²) < 4.78 is 0. The van der Waals surface area contributed by atoms with E-state index < -0.39 is 0 Å². The van der Waals surface area contributed by atoms with Crippen molar-refractivity contribution in [2.45, 2.75) is 0 Å². The van der Waals surface area contributed by atoms with Crippen LogP contribution in [0.1, 0.15) is 0 Å². The number of nitrogens with one attached hydrogen (secondary N) is 1. The first kappa shape index (κ1) is 7.35. The van der Waals surface area contributed by atoms with E-state index in [1.807, 2.05) is 12.3 Å². The quantitative estimate of drug-likeness (QED) is 0.554. The lowest BCUT2D eigenvalue weighted by Gasteiger charge is -2.25. The van der Waals surface area contributed by atoms with E-state index in [1.54, 1.807) is 6.08 Å². The first-order valence-corrected chi connectivity index (χ1v) is 3.60. The van der Waals surface area contributed by atoms with Crippen molar-refractivity contribution in [2.24, 2.45) is 0 Å². The summed E-state index contributed by atoms with van der Waals surface area (Å²) in [7, 11) is 0. The zero-order valence-corrected chi connectivity index (χ0v) is 6.09. The molecule has 1 aliphatic heterocycles. The van der Waals surface area contributed by atoms with E-state index in [9.17, 15) is 0 Å².